The van der Waals surface area contributed by atoms with Gasteiger partial charge in [0, 0.05) is 36.9 Å². The van der Waals surface area contributed by atoms with E-state index in [2.05, 4.69) is 4.90 Å². The third-order valence-electron chi connectivity index (χ3n) is 4.87. The van der Waals surface area contributed by atoms with Gasteiger partial charge in [-0.15, -0.1) is 0 Å². The molecule has 0 saturated carbocycles. The van der Waals surface area contributed by atoms with E-state index in [1.54, 1.807) is 29.2 Å². The SMILES string of the molecule is Cc1ccc(Cl)cc1N1CCN(C(=O)CN(c2ccccc2)S(C)(=O)=O)CC1. The van der Waals surface area contributed by atoms with E-state index in [1.807, 2.05) is 31.2 Å². The molecule has 2 aromatic rings. The van der Waals surface area contributed by atoms with Crippen LogP contribution in [0.25, 0.3) is 0 Å². The highest BCUT2D eigenvalue weighted by Gasteiger charge is 2.27. The molecule has 1 saturated heterocycles. The summed E-state index contributed by atoms with van der Waals surface area (Å²) >= 11 is 6.12. The molecular formula is C20H24ClN3O3S. The summed E-state index contributed by atoms with van der Waals surface area (Å²) in [6.07, 6.45) is 1.12. The highest BCUT2D eigenvalue weighted by atomic mass is 35.5. The smallest absolute Gasteiger partial charge is 0.243 e. The van der Waals surface area contributed by atoms with Crippen molar-refractivity contribution < 1.29 is 13.2 Å². The summed E-state index contributed by atoms with van der Waals surface area (Å²) in [4.78, 5) is 16.7. The number of carbonyl (C=O) groups is 1. The van der Waals surface area contributed by atoms with Crippen molar-refractivity contribution in [2.75, 3.05) is 48.2 Å². The molecule has 0 radical (unpaired) electrons. The van der Waals surface area contributed by atoms with Gasteiger partial charge in [0.1, 0.15) is 6.54 Å². The van der Waals surface area contributed by atoms with E-state index in [1.165, 1.54) is 0 Å². The Labute approximate surface area is 171 Å². The van der Waals surface area contributed by atoms with Crippen LogP contribution in [0.3, 0.4) is 0 Å². The van der Waals surface area contributed by atoms with E-state index in [0.29, 0.717) is 36.9 Å². The van der Waals surface area contributed by atoms with Crippen molar-refractivity contribution in [3.05, 3.63) is 59.1 Å². The summed E-state index contributed by atoms with van der Waals surface area (Å²) < 4.78 is 25.5. The molecule has 1 aliphatic rings. The Morgan fingerprint density at radius 3 is 2.32 bits per heavy atom. The number of halogens is 1. The molecule has 1 amide bonds. The number of rotatable bonds is 5. The summed E-state index contributed by atoms with van der Waals surface area (Å²) in [5, 5.41) is 0.686. The van der Waals surface area contributed by atoms with Crippen LogP contribution in [0.4, 0.5) is 11.4 Å². The van der Waals surface area contributed by atoms with Gasteiger partial charge in [0.2, 0.25) is 15.9 Å². The number of piperazine rings is 1. The largest absolute Gasteiger partial charge is 0.368 e. The number of hydrogen-bond donors (Lipinski definition) is 0. The molecule has 0 atom stereocenters. The number of aryl methyl sites for hydroxylation is 1. The second-order valence-corrected chi connectivity index (χ2v) is 9.25. The van der Waals surface area contributed by atoms with Crippen molar-refractivity contribution >= 4 is 38.9 Å². The summed E-state index contributed by atoms with van der Waals surface area (Å²) in [5.74, 6) is -0.197. The highest BCUT2D eigenvalue weighted by molar-refractivity contribution is 7.92. The standard InChI is InChI=1S/C20H24ClN3O3S/c1-16-8-9-17(21)14-19(16)22-10-12-23(13-11-22)20(25)15-24(28(2,26)27)18-6-4-3-5-7-18/h3-9,14H,10-13,15H2,1-2H3. The zero-order valence-electron chi connectivity index (χ0n) is 16.0. The molecule has 1 heterocycles. The summed E-state index contributed by atoms with van der Waals surface area (Å²) in [6, 6.07) is 14.5. The number of para-hydroxylation sites is 1. The first kappa shape index (κ1) is 20.5. The fourth-order valence-electron chi connectivity index (χ4n) is 3.34. The van der Waals surface area contributed by atoms with Crippen LogP contribution in [0.5, 0.6) is 0 Å². The molecule has 0 N–H and O–H groups in total. The van der Waals surface area contributed by atoms with Crippen LogP contribution in [0.2, 0.25) is 5.02 Å². The molecule has 0 aromatic heterocycles. The number of sulfonamides is 1. The lowest BCUT2D eigenvalue weighted by atomic mass is 10.1. The normalized spacial score (nSPS) is 14.8. The van der Waals surface area contributed by atoms with Crippen molar-refractivity contribution in [3.8, 4) is 0 Å². The van der Waals surface area contributed by atoms with Crippen LogP contribution in [0.1, 0.15) is 5.56 Å². The molecule has 1 fully saturated rings. The van der Waals surface area contributed by atoms with Crippen LogP contribution in [-0.4, -0.2) is 58.2 Å². The number of benzene rings is 2. The second-order valence-electron chi connectivity index (χ2n) is 6.90. The van der Waals surface area contributed by atoms with Gasteiger partial charge in [0.25, 0.3) is 0 Å². The maximum atomic E-state index is 12.8. The van der Waals surface area contributed by atoms with E-state index in [-0.39, 0.29) is 12.5 Å². The lowest BCUT2D eigenvalue weighted by Gasteiger charge is -2.37. The molecule has 0 aliphatic carbocycles. The Hall–Kier alpha value is -2.25. The van der Waals surface area contributed by atoms with Crippen molar-refractivity contribution in [1.82, 2.24) is 4.90 Å². The van der Waals surface area contributed by atoms with Crippen LogP contribution in [-0.2, 0) is 14.8 Å². The van der Waals surface area contributed by atoms with Crippen LogP contribution >= 0.6 is 11.6 Å². The Balaban J connectivity index is 1.67. The molecule has 8 heteroatoms. The van der Waals surface area contributed by atoms with Crippen molar-refractivity contribution in [3.63, 3.8) is 0 Å². The molecule has 0 spiro atoms. The molecule has 6 nitrogen and oxygen atoms in total. The molecule has 0 bridgehead atoms. The van der Waals surface area contributed by atoms with E-state index in [0.717, 1.165) is 21.8 Å². The maximum absolute atomic E-state index is 12.8. The number of amides is 1. The molecular weight excluding hydrogens is 398 g/mol. The zero-order chi connectivity index (χ0) is 20.3. The predicted molar refractivity (Wildman–Crippen MR) is 114 cm³/mol. The first-order valence-corrected chi connectivity index (χ1v) is 11.3. The monoisotopic (exact) mass is 421 g/mol. The minimum Gasteiger partial charge on any atom is -0.368 e. The van der Waals surface area contributed by atoms with Crippen LogP contribution < -0.4 is 9.21 Å². The zero-order valence-corrected chi connectivity index (χ0v) is 17.6. The summed E-state index contributed by atoms with van der Waals surface area (Å²) in [6.45, 7) is 4.27. The first-order valence-electron chi connectivity index (χ1n) is 9.07. The number of hydrogen-bond acceptors (Lipinski definition) is 4. The van der Waals surface area contributed by atoms with Gasteiger partial charge in [0.05, 0.1) is 11.9 Å². The number of carbonyl (C=O) groups excluding carboxylic acids is 1. The average Bonchev–Trinajstić information content (AvgIpc) is 2.67. The molecule has 1 aliphatic heterocycles. The van der Waals surface area contributed by atoms with Crippen molar-refractivity contribution in [1.29, 1.82) is 0 Å². The van der Waals surface area contributed by atoms with Gasteiger partial charge < -0.3 is 9.80 Å². The average molecular weight is 422 g/mol. The molecule has 0 unspecified atom stereocenters. The van der Waals surface area contributed by atoms with Gasteiger partial charge in [-0.25, -0.2) is 8.42 Å². The molecule has 28 heavy (non-hydrogen) atoms. The predicted octanol–water partition coefficient (Wildman–Crippen LogP) is 2.76. The topological polar surface area (TPSA) is 60.9 Å². The van der Waals surface area contributed by atoms with Gasteiger partial charge in [-0.2, -0.15) is 0 Å². The van der Waals surface area contributed by atoms with Crippen molar-refractivity contribution in [2.45, 2.75) is 6.92 Å². The number of anilines is 2. The maximum Gasteiger partial charge on any atom is 0.243 e. The van der Waals surface area contributed by atoms with Crippen molar-refractivity contribution in [2.24, 2.45) is 0 Å². The van der Waals surface area contributed by atoms with E-state index >= 15 is 0 Å². The third kappa shape index (κ3) is 4.77. The third-order valence-corrected chi connectivity index (χ3v) is 6.24. The van der Waals surface area contributed by atoms with Gasteiger partial charge in [-0.05, 0) is 36.8 Å². The Morgan fingerprint density at radius 1 is 1.07 bits per heavy atom. The fourth-order valence-corrected chi connectivity index (χ4v) is 4.35. The molecule has 2 aromatic carbocycles. The molecule has 150 valence electrons. The highest BCUT2D eigenvalue weighted by Crippen LogP contribution is 2.25. The number of nitrogens with zero attached hydrogens (tertiary/aromatic N) is 3. The van der Waals surface area contributed by atoms with Gasteiger partial charge >= 0.3 is 0 Å². The molecule has 3 rings (SSSR count). The van der Waals surface area contributed by atoms with Crippen LogP contribution in [0.15, 0.2) is 48.5 Å². The lowest BCUT2D eigenvalue weighted by Crippen LogP contribution is -2.52. The lowest BCUT2D eigenvalue weighted by molar-refractivity contribution is -0.129. The van der Waals surface area contributed by atoms with E-state index < -0.39 is 10.0 Å². The Bertz CT molecular complexity index is 942. The van der Waals surface area contributed by atoms with E-state index in [4.69, 9.17) is 11.6 Å². The minimum atomic E-state index is -3.56. The first-order chi connectivity index (χ1) is 13.3. The van der Waals surface area contributed by atoms with Gasteiger partial charge in [-0.3, -0.25) is 9.10 Å². The minimum absolute atomic E-state index is 0.195. The Kier molecular flexibility index (Phi) is 6.15. The quantitative estimate of drug-likeness (QED) is 0.744. The van der Waals surface area contributed by atoms with E-state index in [9.17, 15) is 13.2 Å². The van der Waals surface area contributed by atoms with Gasteiger partial charge in [-0.1, -0.05) is 35.9 Å². The Morgan fingerprint density at radius 2 is 1.71 bits per heavy atom. The van der Waals surface area contributed by atoms with Crippen LogP contribution in [0, 0.1) is 6.92 Å². The van der Waals surface area contributed by atoms with Gasteiger partial charge in [0.15, 0.2) is 0 Å². The second kappa shape index (κ2) is 8.41. The summed E-state index contributed by atoms with van der Waals surface area (Å²) in [5.41, 5.74) is 2.70. The summed E-state index contributed by atoms with van der Waals surface area (Å²) in [7, 11) is -3.56. The fraction of sp³-hybridized carbons (Fsp3) is 0.350.